The van der Waals surface area contributed by atoms with Crippen molar-refractivity contribution in [3.8, 4) is 17.2 Å². The van der Waals surface area contributed by atoms with Gasteiger partial charge in [-0.1, -0.05) is 18.2 Å². The van der Waals surface area contributed by atoms with Crippen molar-refractivity contribution in [3.63, 3.8) is 0 Å². The monoisotopic (exact) mass is 302 g/mol. The van der Waals surface area contributed by atoms with Crippen molar-refractivity contribution in [1.82, 2.24) is 0 Å². The smallest absolute Gasteiger partial charge is 0.345 e. The van der Waals surface area contributed by atoms with E-state index in [4.69, 9.17) is 14.2 Å². The Bertz CT molecular complexity index is 621. The summed E-state index contributed by atoms with van der Waals surface area (Å²) in [7, 11) is 3.12. The van der Waals surface area contributed by atoms with Crippen molar-refractivity contribution in [2.75, 3.05) is 14.2 Å². The predicted molar refractivity (Wildman–Crippen MR) is 81.7 cm³/mol. The Morgan fingerprint density at radius 1 is 1.00 bits per heavy atom. The predicted octanol–water partition coefficient (Wildman–Crippen LogP) is 2.78. The van der Waals surface area contributed by atoms with Crippen LogP contribution in [-0.2, 0) is 11.2 Å². The Balaban J connectivity index is 2.14. The number of methoxy groups -OCH3 is 2. The first kappa shape index (κ1) is 15.7. The maximum absolute atomic E-state index is 11.4. The minimum absolute atomic E-state index is 0.214. The molecule has 116 valence electrons. The van der Waals surface area contributed by atoms with Crippen LogP contribution in [-0.4, -0.2) is 31.4 Å². The molecule has 0 saturated carbocycles. The molecule has 0 aromatic heterocycles. The molecule has 0 fully saturated rings. The van der Waals surface area contributed by atoms with Gasteiger partial charge in [0.05, 0.1) is 14.2 Å². The summed E-state index contributed by atoms with van der Waals surface area (Å²) >= 11 is 0. The second-order valence-electron chi connectivity index (χ2n) is 4.64. The summed E-state index contributed by atoms with van der Waals surface area (Å²) in [5.41, 5.74) is 0.783. The van der Waals surface area contributed by atoms with Crippen LogP contribution in [0.25, 0.3) is 0 Å². The lowest BCUT2D eigenvalue weighted by Gasteiger charge is -2.17. The molecule has 0 amide bonds. The van der Waals surface area contributed by atoms with Gasteiger partial charge in [-0.05, 0) is 35.9 Å². The van der Waals surface area contributed by atoms with E-state index in [1.54, 1.807) is 44.6 Å². The van der Waals surface area contributed by atoms with E-state index >= 15 is 0 Å². The molecule has 1 atom stereocenters. The van der Waals surface area contributed by atoms with E-state index in [9.17, 15) is 9.90 Å². The van der Waals surface area contributed by atoms with E-state index in [-0.39, 0.29) is 6.42 Å². The molecule has 5 nitrogen and oxygen atoms in total. The molecule has 0 heterocycles. The van der Waals surface area contributed by atoms with Gasteiger partial charge in [-0.15, -0.1) is 0 Å². The van der Waals surface area contributed by atoms with Crippen LogP contribution in [0.15, 0.2) is 48.5 Å². The van der Waals surface area contributed by atoms with Crippen LogP contribution in [0.2, 0.25) is 0 Å². The third-order valence-corrected chi connectivity index (χ3v) is 3.21. The Hall–Kier alpha value is -2.69. The van der Waals surface area contributed by atoms with Crippen LogP contribution in [0.4, 0.5) is 0 Å². The van der Waals surface area contributed by atoms with Crippen molar-refractivity contribution in [1.29, 1.82) is 0 Å². The molecule has 5 heteroatoms. The van der Waals surface area contributed by atoms with Crippen LogP contribution in [0, 0.1) is 0 Å². The lowest BCUT2D eigenvalue weighted by Crippen LogP contribution is -2.29. The average molecular weight is 302 g/mol. The maximum Gasteiger partial charge on any atom is 0.345 e. The normalized spacial score (nSPS) is 11.5. The number of carboxylic acid groups (broad SMARTS) is 1. The number of aliphatic carboxylic acids is 1. The van der Waals surface area contributed by atoms with Gasteiger partial charge < -0.3 is 19.3 Å². The third-order valence-electron chi connectivity index (χ3n) is 3.21. The number of rotatable bonds is 7. The highest BCUT2D eigenvalue weighted by Crippen LogP contribution is 2.23. The van der Waals surface area contributed by atoms with Crippen molar-refractivity contribution >= 4 is 5.97 Å². The van der Waals surface area contributed by atoms with Crippen LogP contribution in [0.1, 0.15) is 5.56 Å². The fraction of sp³-hybridized carbons (Fsp3) is 0.235. The second kappa shape index (κ2) is 7.36. The zero-order chi connectivity index (χ0) is 15.9. The summed E-state index contributed by atoms with van der Waals surface area (Å²) in [5, 5.41) is 9.37. The van der Waals surface area contributed by atoms with Crippen LogP contribution >= 0.6 is 0 Å². The highest BCUT2D eigenvalue weighted by atomic mass is 16.5. The van der Waals surface area contributed by atoms with Crippen LogP contribution in [0.5, 0.6) is 17.2 Å². The topological polar surface area (TPSA) is 65.0 Å². The molecule has 0 aliphatic heterocycles. The zero-order valence-corrected chi connectivity index (χ0v) is 12.5. The third kappa shape index (κ3) is 3.91. The summed E-state index contributed by atoms with van der Waals surface area (Å²) in [6.07, 6.45) is -0.782. The van der Waals surface area contributed by atoms with Gasteiger partial charge in [-0.3, -0.25) is 0 Å². The van der Waals surface area contributed by atoms with Gasteiger partial charge >= 0.3 is 5.97 Å². The molecular weight excluding hydrogens is 284 g/mol. The van der Waals surface area contributed by atoms with E-state index in [0.29, 0.717) is 17.2 Å². The fourth-order valence-corrected chi connectivity index (χ4v) is 2.07. The van der Waals surface area contributed by atoms with E-state index in [1.165, 1.54) is 0 Å². The standard InChI is InChI=1S/C17H18O5/c1-20-13-7-9-14(10-8-13)22-16(17(18)19)11-12-5-3-4-6-15(12)21-2/h3-10,16H,11H2,1-2H3,(H,18,19). The van der Waals surface area contributed by atoms with Gasteiger partial charge in [0.1, 0.15) is 17.2 Å². The van der Waals surface area contributed by atoms with Gasteiger partial charge in [0.25, 0.3) is 0 Å². The molecule has 0 aliphatic carbocycles. The first-order valence-electron chi connectivity index (χ1n) is 6.79. The van der Waals surface area contributed by atoms with Crippen molar-refractivity contribution < 1.29 is 24.1 Å². The van der Waals surface area contributed by atoms with Crippen molar-refractivity contribution in [2.24, 2.45) is 0 Å². The molecule has 1 unspecified atom stereocenters. The number of benzene rings is 2. The number of hydrogen-bond acceptors (Lipinski definition) is 4. The number of para-hydroxylation sites is 1. The molecule has 0 spiro atoms. The molecule has 2 rings (SSSR count). The number of ether oxygens (including phenoxy) is 3. The van der Waals surface area contributed by atoms with Crippen molar-refractivity contribution in [3.05, 3.63) is 54.1 Å². The lowest BCUT2D eigenvalue weighted by molar-refractivity contribution is -0.145. The summed E-state index contributed by atoms with van der Waals surface area (Å²) < 4.78 is 15.9. The number of carbonyl (C=O) groups is 1. The summed E-state index contributed by atoms with van der Waals surface area (Å²) in [4.78, 5) is 11.4. The maximum atomic E-state index is 11.4. The number of carboxylic acids is 1. The quantitative estimate of drug-likeness (QED) is 0.852. The highest BCUT2D eigenvalue weighted by Gasteiger charge is 2.21. The molecule has 0 bridgehead atoms. The van der Waals surface area contributed by atoms with Gasteiger partial charge in [0.2, 0.25) is 0 Å². The SMILES string of the molecule is COc1ccc(OC(Cc2ccccc2OC)C(=O)O)cc1. The Morgan fingerprint density at radius 2 is 1.64 bits per heavy atom. The van der Waals surface area contributed by atoms with E-state index in [1.807, 2.05) is 18.2 Å². The van der Waals surface area contributed by atoms with E-state index in [0.717, 1.165) is 5.56 Å². The molecule has 22 heavy (non-hydrogen) atoms. The highest BCUT2D eigenvalue weighted by molar-refractivity contribution is 5.73. The summed E-state index contributed by atoms with van der Waals surface area (Å²) in [6.45, 7) is 0. The van der Waals surface area contributed by atoms with Gasteiger partial charge in [0.15, 0.2) is 6.10 Å². The molecule has 0 saturated heterocycles. The first-order valence-corrected chi connectivity index (χ1v) is 6.79. The van der Waals surface area contributed by atoms with Crippen molar-refractivity contribution in [2.45, 2.75) is 12.5 Å². The largest absolute Gasteiger partial charge is 0.497 e. The summed E-state index contributed by atoms with van der Waals surface area (Å²) in [6, 6.07) is 14.1. The molecular formula is C17H18O5. The lowest BCUT2D eigenvalue weighted by atomic mass is 10.1. The average Bonchev–Trinajstić information content (AvgIpc) is 2.55. The first-order chi connectivity index (χ1) is 10.6. The Morgan fingerprint density at radius 3 is 2.23 bits per heavy atom. The minimum atomic E-state index is -1.03. The number of hydrogen-bond donors (Lipinski definition) is 1. The molecule has 0 aliphatic rings. The van der Waals surface area contributed by atoms with Crippen LogP contribution < -0.4 is 14.2 Å². The fourth-order valence-electron chi connectivity index (χ4n) is 2.07. The minimum Gasteiger partial charge on any atom is -0.497 e. The molecule has 0 radical (unpaired) electrons. The van der Waals surface area contributed by atoms with E-state index < -0.39 is 12.1 Å². The second-order valence-corrected chi connectivity index (χ2v) is 4.64. The molecule has 2 aromatic carbocycles. The molecule has 1 N–H and O–H groups in total. The molecule has 2 aromatic rings. The van der Waals surface area contributed by atoms with Gasteiger partial charge in [-0.25, -0.2) is 4.79 Å². The van der Waals surface area contributed by atoms with Crippen LogP contribution in [0.3, 0.4) is 0 Å². The van der Waals surface area contributed by atoms with E-state index in [2.05, 4.69) is 0 Å². The summed E-state index contributed by atoms with van der Waals surface area (Å²) in [5.74, 6) is 0.779. The van der Waals surface area contributed by atoms with Gasteiger partial charge in [-0.2, -0.15) is 0 Å². The Kier molecular flexibility index (Phi) is 5.25. The zero-order valence-electron chi connectivity index (χ0n) is 12.5. The Labute approximate surface area is 129 Å². The van der Waals surface area contributed by atoms with Gasteiger partial charge in [0, 0.05) is 6.42 Å².